The molecule has 0 aliphatic carbocycles. The summed E-state index contributed by atoms with van der Waals surface area (Å²) in [6.07, 6.45) is -1.54. The summed E-state index contributed by atoms with van der Waals surface area (Å²) in [5.74, 6) is -3.13. The van der Waals surface area contributed by atoms with Crippen LogP contribution in [0.1, 0.15) is 23.7 Å². The SMILES string of the molecule is CCC(NC(=O)O)C(=O)N(C(=O)c1ccccc1[N+](=O)[O-])c1ccccc1F. The van der Waals surface area contributed by atoms with Crippen LogP contribution in [-0.2, 0) is 4.79 Å². The maximum absolute atomic E-state index is 14.3. The molecule has 2 aromatic carbocycles. The molecule has 28 heavy (non-hydrogen) atoms. The molecule has 0 fully saturated rings. The monoisotopic (exact) mass is 389 g/mol. The van der Waals surface area contributed by atoms with Gasteiger partial charge in [0.2, 0.25) is 0 Å². The number of para-hydroxylation sites is 2. The Morgan fingerprint density at radius 1 is 1.18 bits per heavy atom. The average molecular weight is 389 g/mol. The summed E-state index contributed by atoms with van der Waals surface area (Å²) in [6, 6.07) is 8.41. The van der Waals surface area contributed by atoms with E-state index in [-0.39, 0.29) is 6.42 Å². The molecule has 0 spiro atoms. The second-order valence-corrected chi connectivity index (χ2v) is 5.61. The van der Waals surface area contributed by atoms with Crippen LogP contribution in [0, 0.1) is 15.9 Å². The number of nitro benzene ring substituents is 1. The van der Waals surface area contributed by atoms with Crippen molar-refractivity contribution in [2.75, 3.05) is 4.90 Å². The lowest BCUT2D eigenvalue weighted by Crippen LogP contribution is -2.50. The molecule has 2 aromatic rings. The summed E-state index contributed by atoms with van der Waals surface area (Å²) in [7, 11) is 0. The zero-order chi connectivity index (χ0) is 20.8. The number of hydrogen-bond donors (Lipinski definition) is 2. The molecule has 0 aromatic heterocycles. The highest BCUT2D eigenvalue weighted by atomic mass is 19.1. The van der Waals surface area contributed by atoms with Crippen LogP contribution in [0.4, 0.5) is 20.6 Å². The molecule has 9 nitrogen and oxygen atoms in total. The molecule has 0 saturated heterocycles. The maximum Gasteiger partial charge on any atom is 0.405 e. The van der Waals surface area contributed by atoms with Gasteiger partial charge < -0.3 is 10.4 Å². The Bertz CT molecular complexity index is 933. The number of nitrogens with zero attached hydrogens (tertiary/aromatic N) is 2. The number of hydrogen-bond acceptors (Lipinski definition) is 5. The Kier molecular flexibility index (Phi) is 6.38. The van der Waals surface area contributed by atoms with Gasteiger partial charge >= 0.3 is 6.09 Å². The number of carbonyl (C=O) groups excluding carboxylic acids is 2. The zero-order valence-corrected chi connectivity index (χ0v) is 14.7. The van der Waals surface area contributed by atoms with Crippen molar-refractivity contribution in [3.63, 3.8) is 0 Å². The Labute approximate surface area is 158 Å². The van der Waals surface area contributed by atoms with Crippen molar-refractivity contribution >= 4 is 29.3 Å². The third kappa shape index (κ3) is 4.29. The molecule has 0 radical (unpaired) electrons. The Balaban J connectivity index is 2.61. The van der Waals surface area contributed by atoms with Gasteiger partial charge in [0, 0.05) is 6.07 Å². The number of carbonyl (C=O) groups is 3. The molecular formula is C18H16FN3O6. The van der Waals surface area contributed by atoms with Crippen LogP contribution in [0.3, 0.4) is 0 Å². The van der Waals surface area contributed by atoms with E-state index in [9.17, 15) is 28.9 Å². The van der Waals surface area contributed by atoms with E-state index in [1.54, 1.807) is 0 Å². The largest absolute Gasteiger partial charge is 0.465 e. The van der Waals surface area contributed by atoms with Crippen LogP contribution in [-0.4, -0.2) is 34.0 Å². The second kappa shape index (κ2) is 8.71. The normalized spacial score (nSPS) is 11.4. The van der Waals surface area contributed by atoms with Crippen LogP contribution in [0.15, 0.2) is 48.5 Å². The first-order chi connectivity index (χ1) is 13.3. The molecule has 10 heteroatoms. The van der Waals surface area contributed by atoms with Crippen LogP contribution in [0.2, 0.25) is 0 Å². The fourth-order valence-electron chi connectivity index (χ4n) is 2.54. The number of nitro groups is 1. The van der Waals surface area contributed by atoms with Crippen LogP contribution < -0.4 is 10.2 Å². The Morgan fingerprint density at radius 3 is 2.36 bits per heavy atom. The first kappa shape index (κ1) is 20.5. The molecule has 1 unspecified atom stereocenters. The first-order valence-electron chi connectivity index (χ1n) is 8.13. The van der Waals surface area contributed by atoms with Crippen molar-refractivity contribution in [2.45, 2.75) is 19.4 Å². The van der Waals surface area contributed by atoms with E-state index in [4.69, 9.17) is 5.11 Å². The molecule has 2 rings (SSSR count). The van der Waals surface area contributed by atoms with Crippen LogP contribution in [0.5, 0.6) is 0 Å². The third-order valence-corrected chi connectivity index (χ3v) is 3.85. The van der Waals surface area contributed by atoms with E-state index < -0.39 is 51.6 Å². The van der Waals surface area contributed by atoms with Crippen molar-refractivity contribution < 1.29 is 28.8 Å². The van der Waals surface area contributed by atoms with E-state index in [0.717, 1.165) is 24.3 Å². The van der Waals surface area contributed by atoms with E-state index in [1.807, 2.05) is 5.32 Å². The van der Waals surface area contributed by atoms with Crippen molar-refractivity contribution in [1.82, 2.24) is 5.32 Å². The highest BCUT2D eigenvalue weighted by molar-refractivity contribution is 6.23. The summed E-state index contributed by atoms with van der Waals surface area (Å²) >= 11 is 0. The van der Waals surface area contributed by atoms with E-state index in [1.165, 1.54) is 31.2 Å². The smallest absolute Gasteiger partial charge is 0.405 e. The van der Waals surface area contributed by atoms with Crippen molar-refractivity contribution in [3.8, 4) is 0 Å². The molecule has 0 saturated carbocycles. The standard InChI is InChI=1S/C18H16FN3O6/c1-2-13(20-18(25)26)17(24)21(15-10-6-4-8-12(15)19)16(23)11-7-3-5-9-14(11)22(27)28/h3-10,13,20H,2H2,1H3,(H,25,26). The molecule has 146 valence electrons. The lowest BCUT2D eigenvalue weighted by Gasteiger charge is -2.25. The second-order valence-electron chi connectivity index (χ2n) is 5.61. The van der Waals surface area contributed by atoms with Gasteiger partial charge in [-0.1, -0.05) is 31.2 Å². The fraction of sp³-hybridized carbons (Fsp3) is 0.167. The minimum absolute atomic E-state index is 0.0275. The highest BCUT2D eigenvalue weighted by Crippen LogP contribution is 2.26. The fourth-order valence-corrected chi connectivity index (χ4v) is 2.54. The molecular weight excluding hydrogens is 373 g/mol. The van der Waals surface area contributed by atoms with Crippen molar-refractivity contribution in [1.29, 1.82) is 0 Å². The average Bonchev–Trinajstić information content (AvgIpc) is 2.67. The topological polar surface area (TPSA) is 130 Å². The number of carboxylic acid groups (broad SMARTS) is 1. The third-order valence-electron chi connectivity index (χ3n) is 3.85. The van der Waals surface area contributed by atoms with Gasteiger partial charge in [0.25, 0.3) is 17.5 Å². The molecule has 0 aliphatic rings. The summed E-state index contributed by atoms with van der Waals surface area (Å²) in [5, 5.41) is 22.1. The Hall–Kier alpha value is -3.82. The molecule has 1 atom stereocenters. The zero-order valence-electron chi connectivity index (χ0n) is 14.7. The summed E-state index contributed by atoms with van der Waals surface area (Å²) in [4.78, 5) is 47.7. The number of anilines is 1. The van der Waals surface area contributed by atoms with Gasteiger partial charge in [-0.2, -0.15) is 0 Å². The number of rotatable bonds is 6. The lowest BCUT2D eigenvalue weighted by molar-refractivity contribution is -0.385. The van der Waals surface area contributed by atoms with Gasteiger partial charge in [-0.25, -0.2) is 14.1 Å². The molecule has 0 aliphatic heterocycles. The number of amides is 3. The van der Waals surface area contributed by atoms with Crippen LogP contribution >= 0.6 is 0 Å². The van der Waals surface area contributed by atoms with Gasteiger partial charge in [-0.3, -0.25) is 19.7 Å². The number of imide groups is 1. The molecule has 0 bridgehead atoms. The summed E-state index contributed by atoms with van der Waals surface area (Å²) in [5.41, 5.74) is -1.45. The van der Waals surface area contributed by atoms with E-state index >= 15 is 0 Å². The first-order valence-corrected chi connectivity index (χ1v) is 8.13. The molecule has 0 heterocycles. The van der Waals surface area contributed by atoms with Crippen LogP contribution in [0.25, 0.3) is 0 Å². The number of halogens is 1. The lowest BCUT2D eigenvalue weighted by atomic mass is 10.1. The van der Waals surface area contributed by atoms with Gasteiger partial charge in [0.05, 0.1) is 10.6 Å². The van der Waals surface area contributed by atoms with Gasteiger partial charge in [-0.15, -0.1) is 0 Å². The van der Waals surface area contributed by atoms with Crippen molar-refractivity contribution in [3.05, 3.63) is 70.0 Å². The Morgan fingerprint density at radius 2 is 1.79 bits per heavy atom. The number of nitrogens with one attached hydrogen (secondary N) is 1. The minimum atomic E-state index is -1.51. The van der Waals surface area contributed by atoms with Gasteiger partial charge in [0.15, 0.2) is 0 Å². The molecule has 2 N–H and O–H groups in total. The van der Waals surface area contributed by atoms with E-state index in [2.05, 4.69) is 0 Å². The minimum Gasteiger partial charge on any atom is -0.465 e. The predicted octanol–water partition coefficient (Wildman–Crippen LogP) is 2.95. The van der Waals surface area contributed by atoms with Gasteiger partial charge in [0.1, 0.15) is 17.4 Å². The van der Waals surface area contributed by atoms with E-state index in [0.29, 0.717) is 4.90 Å². The summed E-state index contributed by atoms with van der Waals surface area (Å²) in [6.45, 7) is 1.49. The predicted molar refractivity (Wildman–Crippen MR) is 96.6 cm³/mol. The highest BCUT2D eigenvalue weighted by Gasteiger charge is 2.35. The maximum atomic E-state index is 14.3. The molecule has 3 amide bonds. The summed E-state index contributed by atoms with van der Waals surface area (Å²) < 4.78 is 14.3. The van der Waals surface area contributed by atoms with Crippen molar-refractivity contribution in [2.24, 2.45) is 0 Å². The number of benzene rings is 2. The van der Waals surface area contributed by atoms with Gasteiger partial charge in [-0.05, 0) is 24.6 Å². The quantitative estimate of drug-likeness (QED) is 0.577.